The second-order valence-corrected chi connectivity index (χ2v) is 3.09. The number of halogens is 4. The van der Waals surface area contributed by atoms with E-state index in [1.165, 1.54) is 6.07 Å². The third kappa shape index (κ3) is 3.69. The van der Waals surface area contributed by atoms with Crippen molar-refractivity contribution >= 4 is 29.2 Å². The van der Waals surface area contributed by atoms with Crippen molar-refractivity contribution in [3.8, 4) is 0 Å². The summed E-state index contributed by atoms with van der Waals surface area (Å²) >= 11 is 2.91. The Morgan fingerprint density at radius 2 is 1.64 bits per heavy atom. The minimum absolute atomic E-state index is 0. The third-order valence-electron chi connectivity index (χ3n) is 1.33. The Kier molecular flexibility index (Phi) is 6.12. The van der Waals surface area contributed by atoms with Crippen LogP contribution < -0.4 is 5.46 Å². The van der Waals surface area contributed by atoms with Gasteiger partial charge in [-0.25, -0.2) is 0 Å². The van der Waals surface area contributed by atoms with E-state index < -0.39 is 11.7 Å². The van der Waals surface area contributed by atoms with Crippen LogP contribution in [0, 0.1) is 0 Å². The Morgan fingerprint density at radius 3 is 2.00 bits per heavy atom. The van der Waals surface area contributed by atoms with Gasteiger partial charge in [0.1, 0.15) is 0 Å². The molecule has 0 aliphatic heterocycles. The Bertz CT molecular complexity index is 303. The van der Waals surface area contributed by atoms with Crippen LogP contribution in [0.5, 0.6) is 0 Å². The molecule has 0 aromatic heterocycles. The van der Waals surface area contributed by atoms with E-state index in [4.69, 9.17) is 7.85 Å². The molecule has 1 aromatic carbocycles. The van der Waals surface area contributed by atoms with Crippen molar-refractivity contribution in [1.82, 2.24) is 0 Å². The summed E-state index contributed by atoms with van der Waals surface area (Å²) in [7, 11) is 5.32. The molecule has 1 rings (SSSR count). The SMILES string of the molecule is [B+2]c1ccc(C(F)(F)F)cc1Br.[OH-].[OH-]. The predicted molar refractivity (Wildman–Crippen MR) is 48.4 cm³/mol. The number of benzene rings is 1. The van der Waals surface area contributed by atoms with E-state index in [2.05, 4.69) is 15.9 Å². The van der Waals surface area contributed by atoms with Gasteiger partial charge in [0.05, 0.1) is 0 Å². The van der Waals surface area contributed by atoms with E-state index in [9.17, 15) is 13.2 Å². The Morgan fingerprint density at radius 1 is 1.14 bits per heavy atom. The minimum Gasteiger partial charge on any atom is -0.870 e. The van der Waals surface area contributed by atoms with Crippen LogP contribution in [-0.2, 0) is 6.18 Å². The number of hydrogen-bond donors (Lipinski definition) is 0. The average molecular weight is 269 g/mol. The normalized spacial score (nSPS) is 10.1. The first-order valence-corrected chi connectivity index (χ1v) is 3.83. The van der Waals surface area contributed by atoms with Gasteiger partial charge < -0.3 is 11.0 Å². The van der Waals surface area contributed by atoms with E-state index in [1.54, 1.807) is 0 Å². The third-order valence-corrected chi connectivity index (χ3v) is 2.01. The van der Waals surface area contributed by atoms with Gasteiger partial charge in [-0.1, -0.05) is 0 Å². The maximum Gasteiger partial charge on any atom is -0.870 e. The molecule has 0 spiro atoms. The molecule has 0 aliphatic rings. The number of hydrogen-bond acceptors (Lipinski definition) is 2. The molecule has 0 bridgehead atoms. The molecule has 0 amide bonds. The maximum atomic E-state index is 12.0. The molecule has 2 N–H and O–H groups in total. The van der Waals surface area contributed by atoms with E-state index in [0.717, 1.165) is 12.1 Å². The van der Waals surface area contributed by atoms with Gasteiger partial charge in [-0.2, -0.15) is 0 Å². The standard InChI is InChI=1S/C7H3BBrF3.2H2O/c8-5-2-1-4(3-6(5)9)7(10,11)12;;/h1-3H;2*1H2/q+2;;/p-2. The summed E-state index contributed by atoms with van der Waals surface area (Å²) in [6.45, 7) is 0. The molecule has 0 radical (unpaired) electrons. The van der Waals surface area contributed by atoms with Crippen LogP contribution in [0.4, 0.5) is 13.2 Å². The van der Waals surface area contributed by atoms with Gasteiger partial charge in [-0.15, -0.1) is 0 Å². The van der Waals surface area contributed by atoms with Crippen molar-refractivity contribution in [2.75, 3.05) is 0 Å². The molecule has 0 atom stereocenters. The number of rotatable bonds is 0. The monoisotopic (exact) mass is 268 g/mol. The van der Waals surface area contributed by atoms with Crippen molar-refractivity contribution in [3.05, 3.63) is 28.2 Å². The van der Waals surface area contributed by atoms with Crippen LogP contribution in [0.25, 0.3) is 0 Å². The van der Waals surface area contributed by atoms with Crippen molar-refractivity contribution in [1.29, 1.82) is 0 Å². The molecule has 0 unspecified atom stereocenters. The smallest absolute Gasteiger partial charge is 0.870 e. The summed E-state index contributed by atoms with van der Waals surface area (Å²) in [5, 5.41) is 0. The average Bonchev–Trinajstić information content (AvgIpc) is 1.92. The van der Waals surface area contributed by atoms with Gasteiger partial charge in [0.25, 0.3) is 0 Å². The van der Waals surface area contributed by atoms with Gasteiger partial charge in [0.2, 0.25) is 0 Å². The molecular weight excluding hydrogens is 264 g/mol. The molecule has 76 valence electrons. The second kappa shape index (κ2) is 5.38. The largest absolute Gasteiger partial charge is 0.870 e. The fraction of sp³-hybridized carbons (Fsp3) is 0.143. The first-order chi connectivity index (χ1) is 5.41. The van der Waals surface area contributed by atoms with Crippen LogP contribution in [-0.4, -0.2) is 18.8 Å². The van der Waals surface area contributed by atoms with Gasteiger partial charge in [-0.05, 0) is 0 Å². The van der Waals surface area contributed by atoms with Crippen LogP contribution >= 0.6 is 15.9 Å². The first kappa shape index (κ1) is 15.9. The van der Waals surface area contributed by atoms with Crippen molar-refractivity contribution in [3.63, 3.8) is 0 Å². The van der Waals surface area contributed by atoms with Gasteiger partial charge in [0.15, 0.2) is 0 Å². The summed E-state index contributed by atoms with van der Waals surface area (Å²) in [5.41, 5.74) is -0.411. The van der Waals surface area contributed by atoms with E-state index >= 15 is 0 Å². The summed E-state index contributed by atoms with van der Waals surface area (Å²) in [6.07, 6.45) is -4.31. The quantitative estimate of drug-likeness (QED) is 0.675. The number of alkyl halides is 3. The second-order valence-electron chi connectivity index (χ2n) is 2.23. The molecule has 14 heavy (non-hydrogen) atoms. The maximum absolute atomic E-state index is 12.0. The molecule has 0 fully saturated rings. The zero-order valence-corrected chi connectivity index (χ0v) is 8.30. The predicted octanol–water partition coefficient (Wildman–Crippen LogP) is 1.91. The zero-order valence-electron chi connectivity index (χ0n) is 6.72. The Balaban J connectivity index is 0. The van der Waals surface area contributed by atoms with Crippen LogP contribution in [0.1, 0.15) is 5.56 Å². The molecule has 0 heterocycles. The topological polar surface area (TPSA) is 60.0 Å². The van der Waals surface area contributed by atoms with Crippen LogP contribution in [0.3, 0.4) is 0 Å². The summed E-state index contributed by atoms with van der Waals surface area (Å²) in [5.74, 6) is 0. The zero-order chi connectivity index (χ0) is 9.35. The van der Waals surface area contributed by atoms with E-state index in [1.807, 2.05) is 0 Å². The van der Waals surface area contributed by atoms with Crippen molar-refractivity contribution in [2.24, 2.45) is 0 Å². The van der Waals surface area contributed by atoms with Crippen molar-refractivity contribution < 1.29 is 24.1 Å². The van der Waals surface area contributed by atoms with Crippen LogP contribution in [0.2, 0.25) is 0 Å². The molecule has 0 aliphatic carbocycles. The molecule has 2 nitrogen and oxygen atoms in total. The fourth-order valence-electron chi connectivity index (χ4n) is 0.703. The molecule has 1 aromatic rings. The minimum atomic E-state index is -4.31. The van der Waals surface area contributed by atoms with Gasteiger partial charge in [0, 0.05) is 0 Å². The van der Waals surface area contributed by atoms with Gasteiger partial charge in [-0.3, -0.25) is 0 Å². The Labute approximate surface area is 88.3 Å². The fourth-order valence-corrected chi connectivity index (χ4v) is 1.08. The van der Waals surface area contributed by atoms with E-state index in [-0.39, 0.29) is 15.4 Å². The summed E-state index contributed by atoms with van der Waals surface area (Å²) < 4.78 is 36.4. The van der Waals surface area contributed by atoms with Gasteiger partial charge >= 0.3 is 76.8 Å². The first-order valence-electron chi connectivity index (χ1n) is 3.03. The Hall–Kier alpha value is -0.525. The van der Waals surface area contributed by atoms with Crippen LogP contribution in [0.15, 0.2) is 22.7 Å². The van der Waals surface area contributed by atoms with E-state index in [0.29, 0.717) is 5.46 Å². The van der Waals surface area contributed by atoms with Crippen molar-refractivity contribution in [2.45, 2.75) is 6.18 Å². The molecule has 7 heteroatoms. The summed E-state index contributed by atoms with van der Waals surface area (Å²) in [4.78, 5) is 0. The summed E-state index contributed by atoms with van der Waals surface area (Å²) in [6, 6.07) is 3.11. The molecule has 0 saturated carbocycles. The molecular formula is C7H5BBrF3O2. The molecule has 0 saturated heterocycles.